The molecule has 0 bridgehead atoms. The van der Waals surface area contributed by atoms with Crippen molar-refractivity contribution in [3.05, 3.63) is 0 Å². The van der Waals surface area contributed by atoms with Crippen LogP contribution >= 0.6 is 11.8 Å². The zero-order chi connectivity index (χ0) is 14.4. The first-order valence-corrected chi connectivity index (χ1v) is 9.34. The van der Waals surface area contributed by atoms with Crippen LogP contribution in [0.3, 0.4) is 0 Å². The summed E-state index contributed by atoms with van der Waals surface area (Å²) in [7, 11) is 0. The van der Waals surface area contributed by atoms with Crippen LogP contribution < -0.4 is 5.32 Å². The standard InChI is InChI=1S/C16H31N3S/c1-4-19(5-2)12-6-11-17-15-18-16(13-20-15)9-7-14(3)8-10-16/h14H,4-13H2,1-3H3,(H,17,18). The second kappa shape index (κ2) is 7.69. The van der Waals surface area contributed by atoms with Gasteiger partial charge in [0.1, 0.15) is 0 Å². The van der Waals surface area contributed by atoms with Gasteiger partial charge in [0.25, 0.3) is 0 Å². The van der Waals surface area contributed by atoms with Gasteiger partial charge in [0.15, 0.2) is 5.17 Å². The quantitative estimate of drug-likeness (QED) is 0.762. The molecule has 1 heterocycles. The van der Waals surface area contributed by atoms with Gasteiger partial charge in [-0.1, -0.05) is 32.5 Å². The third-order valence-electron chi connectivity index (χ3n) is 4.87. The minimum atomic E-state index is 0.384. The molecule has 3 nitrogen and oxygen atoms in total. The Balaban J connectivity index is 1.71. The molecule has 2 fully saturated rings. The van der Waals surface area contributed by atoms with E-state index < -0.39 is 0 Å². The smallest absolute Gasteiger partial charge is 0.157 e. The summed E-state index contributed by atoms with van der Waals surface area (Å²) in [6.45, 7) is 11.3. The van der Waals surface area contributed by atoms with Crippen LogP contribution in [0.4, 0.5) is 0 Å². The number of rotatable bonds is 6. The van der Waals surface area contributed by atoms with E-state index in [0.29, 0.717) is 5.54 Å². The van der Waals surface area contributed by atoms with E-state index in [1.807, 2.05) is 11.8 Å². The highest BCUT2D eigenvalue weighted by Crippen LogP contribution is 2.38. The Kier molecular flexibility index (Phi) is 6.21. The van der Waals surface area contributed by atoms with Gasteiger partial charge in [-0.15, -0.1) is 0 Å². The van der Waals surface area contributed by atoms with Crippen molar-refractivity contribution < 1.29 is 0 Å². The SMILES string of the molecule is CCN(CC)CCCN=C1NC2(CCC(C)CC2)CS1. The maximum atomic E-state index is 4.77. The van der Waals surface area contributed by atoms with Crippen LogP contribution in [0, 0.1) is 5.92 Å². The van der Waals surface area contributed by atoms with Crippen LogP contribution in [0.25, 0.3) is 0 Å². The Bertz CT molecular complexity index is 318. The van der Waals surface area contributed by atoms with Crippen molar-refractivity contribution in [1.82, 2.24) is 10.2 Å². The fourth-order valence-corrected chi connectivity index (χ4v) is 4.43. The first-order chi connectivity index (χ1) is 9.67. The van der Waals surface area contributed by atoms with Crippen molar-refractivity contribution in [3.8, 4) is 0 Å². The van der Waals surface area contributed by atoms with E-state index in [1.165, 1.54) is 49.6 Å². The highest BCUT2D eigenvalue weighted by atomic mass is 32.2. The first-order valence-electron chi connectivity index (χ1n) is 8.35. The zero-order valence-corrected chi connectivity index (χ0v) is 14.3. The zero-order valence-electron chi connectivity index (χ0n) is 13.5. The fourth-order valence-electron chi connectivity index (χ4n) is 3.19. The van der Waals surface area contributed by atoms with Crippen molar-refractivity contribution in [3.63, 3.8) is 0 Å². The molecular weight excluding hydrogens is 266 g/mol. The van der Waals surface area contributed by atoms with E-state index in [9.17, 15) is 0 Å². The molecule has 0 aromatic carbocycles. The number of hydrogen-bond acceptors (Lipinski definition) is 3. The summed E-state index contributed by atoms with van der Waals surface area (Å²) >= 11 is 1.94. The fraction of sp³-hybridized carbons (Fsp3) is 0.938. The number of amidine groups is 1. The second-order valence-corrected chi connectivity index (χ2v) is 7.41. The summed E-state index contributed by atoms with van der Waals surface area (Å²) in [6.07, 6.45) is 6.60. The Hall–Kier alpha value is -0.220. The molecular formula is C16H31N3S. The Morgan fingerprint density at radius 3 is 2.65 bits per heavy atom. The van der Waals surface area contributed by atoms with Gasteiger partial charge in [-0.25, -0.2) is 0 Å². The maximum absolute atomic E-state index is 4.77. The van der Waals surface area contributed by atoms with Gasteiger partial charge in [-0.3, -0.25) is 4.99 Å². The monoisotopic (exact) mass is 297 g/mol. The number of nitrogens with one attached hydrogen (secondary N) is 1. The summed E-state index contributed by atoms with van der Waals surface area (Å²) in [4.78, 5) is 7.25. The van der Waals surface area contributed by atoms with E-state index in [0.717, 1.165) is 25.6 Å². The molecule has 0 unspecified atom stereocenters. The van der Waals surface area contributed by atoms with E-state index in [2.05, 4.69) is 31.0 Å². The van der Waals surface area contributed by atoms with Gasteiger partial charge in [0, 0.05) is 17.8 Å². The third kappa shape index (κ3) is 4.39. The maximum Gasteiger partial charge on any atom is 0.157 e. The lowest BCUT2D eigenvalue weighted by Crippen LogP contribution is -2.46. The molecule has 1 saturated heterocycles. The van der Waals surface area contributed by atoms with Gasteiger partial charge in [-0.2, -0.15) is 0 Å². The average Bonchev–Trinajstić information content (AvgIpc) is 2.86. The van der Waals surface area contributed by atoms with Crippen LogP contribution in [-0.2, 0) is 0 Å². The first kappa shape index (κ1) is 16.2. The van der Waals surface area contributed by atoms with Gasteiger partial charge >= 0.3 is 0 Å². The van der Waals surface area contributed by atoms with Gasteiger partial charge in [-0.05, 0) is 57.7 Å². The molecule has 0 radical (unpaired) electrons. The molecule has 1 saturated carbocycles. The number of aliphatic imine (C=N–C) groups is 1. The van der Waals surface area contributed by atoms with Crippen molar-refractivity contribution in [1.29, 1.82) is 0 Å². The molecule has 2 aliphatic rings. The lowest BCUT2D eigenvalue weighted by atomic mass is 9.78. The number of thioether (sulfide) groups is 1. The summed E-state index contributed by atoms with van der Waals surface area (Å²) < 4.78 is 0. The summed E-state index contributed by atoms with van der Waals surface area (Å²) in [5.74, 6) is 2.15. The molecule has 1 spiro atoms. The van der Waals surface area contributed by atoms with E-state index in [1.54, 1.807) is 0 Å². The van der Waals surface area contributed by atoms with Crippen molar-refractivity contribution in [2.75, 3.05) is 31.9 Å². The van der Waals surface area contributed by atoms with Crippen LogP contribution in [-0.4, -0.2) is 47.5 Å². The highest BCUT2D eigenvalue weighted by Gasteiger charge is 2.39. The normalized spacial score (nSPS) is 32.2. The third-order valence-corrected chi connectivity index (χ3v) is 6.07. The lowest BCUT2D eigenvalue weighted by molar-refractivity contribution is 0.250. The topological polar surface area (TPSA) is 27.6 Å². The van der Waals surface area contributed by atoms with Gasteiger partial charge < -0.3 is 10.2 Å². The molecule has 4 heteroatoms. The summed E-state index contributed by atoms with van der Waals surface area (Å²) in [5.41, 5.74) is 0.384. The minimum Gasteiger partial charge on any atom is -0.359 e. The van der Waals surface area contributed by atoms with Crippen LogP contribution in [0.1, 0.15) is 52.9 Å². The molecule has 1 aliphatic heterocycles. The van der Waals surface area contributed by atoms with E-state index in [-0.39, 0.29) is 0 Å². The molecule has 0 aromatic rings. The molecule has 1 N–H and O–H groups in total. The van der Waals surface area contributed by atoms with Crippen LogP contribution in [0.2, 0.25) is 0 Å². The van der Waals surface area contributed by atoms with Crippen molar-refractivity contribution >= 4 is 16.9 Å². The average molecular weight is 298 g/mol. The van der Waals surface area contributed by atoms with Crippen LogP contribution in [0.5, 0.6) is 0 Å². The Morgan fingerprint density at radius 1 is 1.30 bits per heavy atom. The molecule has 0 amide bonds. The predicted octanol–water partition coefficient (Wildman–Crippen LogP) is 3.36. The van der Waals surface area contributed by atoms with E-state index >= 15 is 0 Å². The second-order valence-electron chi connectivity index (χ2n) is 6.44. The lowest BCUT2D eigenvalue weighted by Gasteiger charge is -2.35. The number of hydrogen-bond donors (Lipinski definition) is 1. The molecule has 116 valence electrons. The molecule has 0 atom stereocenters. The summed E-state index contributed by atoms with van der Waals surface area (Å²) in [5, 5.41) is 4.95. The molecule has 0 aromatic heterocycles. The van der Waals surface area contributed by atoms with Crippen molar-refractivity contribution in [2.45, 2.75) is 58.4 Å². The molecule has 1 aliphatic carbocycles. The number of nitrogens with zero attached hydrogens (tertiary/aromatic N) is 2. The molecule has 20 heavy (non-hydrogen) atoms. The Labute approximate surface area is 129 Å². The summed E-state index contributed by atoms with van der Waals surface area (Å²) in [6, 6.07) is 0. The molecule has 2 rings (SSSR count). The largest absolute Gasteiger partial charge is 0.359 e. The predicted molar refractivity (Wildman–Crippen MR) is 90.7 cm³/mol. The van der Waals surface area contributed by atoms with Crippen molar-refractivity contribution in [2.24, 2.45) is 10.9 Å². The Morgan fingerprint density at radius 2 is 2.00 bits per heavy atom. The van der Waals surface area contributed by atoms with Gasteiger partial charge in [0.05, 0.1) is 0 Å². The van der Waals surface area contributed by atoms with Crippen LogP contribution in [0.15, 0.2) is 4.99 Å². The van der Waals surface area contributed by atoms with Gasteiger partial charge in [0.2, 0.25) is 0 Å². The highest BCUT2D eigenvalue weighted by molar-refractivity contribution is 8.14. The minimum absolute atomic E-state index is 0.384. The van der Waals surface area contributed by atoms with E-state index in [4.69, 9.17) is 4.99 Å².